The molecule has 214 valence electrons. The summed E-state index contributed by atoms with van der Waals surface area (Å²) in [6.45, 7) is 11.6. The second kappa shape index (κ2) is 21.8. The molecule has 2 aliphatic rings. The highest BCUT2D eigenvalue weighted by atomic mass is 15.1. The lowest BCUT2D eigenvalue weighted by Gasteiger charge is -2.34. The Kier molecular flexibility index (Phi) is 19.5. The first kappa shape index (κ1) is 32.1. The van der Waals surface area contributed by atoms with E-state index >= 15 is 0 Å². The van der Waals surface area contributed by atoms with Gasteiger partial charge in [-0.25, -0.2) is 0 Å². The molecule has 0 unspecified atom stereocenters. The Morgan fingerprint density at radius 1 is 0.528 bits per heavy atom. The third kappa shape index (κ3) is 18.2. The molecule has 2 aliphatic heterocycles. The van der Waals surface area contributed by atoms with E-state index in [2.05, 4.69) is 24.1 Å². The summed E-state index contributed by atoms with van der Waals surface area (Å²) >= 11 is 0. The molecule has 0 bridgehead atoms. The molecule has 1 N–H and O–H groups in total. The van der Waals surface area contributed by atoms with Crippen LogP contribution < -0.4 is 5.32 Å². The van der Waals surface area contributed by atoms with Crippen molar-refractivity contribution >= 4 is 0 Å². The number of nitrogens with zero attached hydrogens (tertiary/aromatic N) is 1. The molecule has 2 heterocycles. The van der Waals surface area contributed by atoms with Gasteiger partial charge in [-0.15, -0.1) is 0 Å². The van der Waals surface area contributed by atoms with Gasteiger partial charge in [0.1, 0.15) is 0 Å². The maximum absolute atomic E-state index is 3.54. The van der Waals surface area contributed by atoms with Crippen molar-refractivity contribution in [1.29, 1.82) is 0 Å². The van der Waals surface area contributed by atoms with Crippen molar-refractivity contribution < 1.29 is 0 Å². The van der Waals surface area contributed by atoms with Gasteiger partial charge in [0.15, 0.2) is 0 Å². The molecule has 0 aromatic heterocycles. The fraction of sp³-hybridized carbons (Fsp3) is 1.00. The maximum Gasteiger partial charge on any atom is 0.00327 e. The Balaban J connectivity index is 1.70. The van der Waals surface area contributed by atoms with Crippen LogP contribution in [-0.2, 0) is 0 Å². The van der Waals surface area contributed by atoms with Gasteiger partial charge in [-0.05, 0) is 76.0 Å². The molecular formula is C34H68N2. The monoisotopic (exact) mass is 505 g/mol. The molecule has 36 heavy (non-hydrogen) atoms. The zero-order valence-electron chi connectivity index (χ0n) is 25.2. The topological polar surface area (TPSA) is 15.3 Å². The molecule has 0 aromatic rings. The molecule has 2 rings (SSSR count). The minimum atomic E-state index is 0.466. The first-order chi connectivity index (χ1) is 17.7. The minimum Gasteiger partial charge on any atom is -0.317 e. The van der Waals surface area contributed by atoms with Crippen LogP contribution in [-0.4, -0.2) is 37.6 Å². The first-order valence-corrected chi connectivity index (χ1v) is 17.1. The molecule has 0 amide bonds. The second-order valence-electron chi connectivity index (χ2n) is 13.6. The van der Waals surface area contributed by atoms with E-state index in [0.717, 1.165) is 5.92 Å². The van der Waals surface area contributed by atoms with Crippen molar-refractivity contribution in [3.63, 3.8) is 0 Å². The van der Waals surface area contributed by atoms with E-state index in [4.69, 9.17) is 0 Å². The predicted molar refractivity (Wildman–Crippen MR) is 162 cm³/mol. The molecular weight excluding hydrogens is 436 g/mol. The normalized spacial score (nSPS) is 24.2. The summed E-state index contributed by atoms with van der Waals surface area (Å²) in [4.78, 5) is 2.88. The van der Waals surface area contributed by atoms with Crippen LogP contribution in [0.2, 0.25) is 0 Å². The summed E-state index contributed by atoms with van der Waals surface area (Å²) in [7, 11) is 0. The molecule has 0 aromatic carbocycles. The Labute approximate surface area is 228 Å². The van der Waals surface area contributed by atoms with Gasteiger partial charge in [-0.1, -0.05) is 136 Å². The number of rotatable bonds is 5. The predicted octanol–water partition coefficient (Wildman–Crippen LogP) is 10.3. The van der Waals surface area contributed by atoms with E-state index in [1.807, 2.05) is 0 Å². The lowest BCUT2D eigenvalue weighted by Crippen LogP contribution is -2.36. The number of hydrogen-bond donors (Lipinski definition) is 1. The van der Waals surface area contributed by atoms with E-state index in [0.29, 0.717) is 5.41 Å². The summed E-state index contributed by atoms with van der Waals surface area (Å²) in [6, 6.07) is 0. The molecule has 2 heteroatoms. The van der Waals surface area contributed by atoms with Gasteiger partial charge in [0, 0.05) is 6.54 Å². The fourth-order valence-electron chi connectivity index (χ4n) is 6.75. The van der Waals surface area contributed by atoms with E-state index in [1.165, 1.54) is 193 Å². The summed E-state index contributed by atoms with van der Waals surface area (Å²) in [5.41, 5.74) is 0.466. The van der Waals surface area contributed by atoms with Crippen LogP contribution in [0.25, 0.3) is 0 Å². The standard InChI is InChI=1S/C34H68N2/c1-34(2,27-24-33-25-28-35-29-26-33)32-36-30-22-20-18-16-14-12-10-8-6-4-3-5-7-9-11-13-15-17-19-21-23-31-36/h33,35H,3-32H2,1-2H3. The smallest absolute Gasteiger partial charge is 0.00327 e. The molecule has 0 spiro atoms. The second-order valence-corrected chi connectivity index (χ2v) is 13.6. The highest BCUT2D eigenvalue weighted by molar-refractivity contribution is 4.78. The Morgan fingerprint density at radius 2 is 0.861 bits per heavy atom. The Morgan fingerprint density at radius 3 is 1.22 bits per heavy atom. The van der Waals surface area contributed by atoms with E-state index in [9.17, 15) is 0 Å². The summed E-state index contributed by atoms with van der Waals surface area (Å²) < 4.78 is 0. The third-order valence-electron chi connectivity index (χ3n) is 9.29. The molecule has 0 atom stereocenters. The van der Waals surface area contributed by atoms with Gasteiger partial charge in [-0.2, -0.15) is 0 Å². The molecule has 0 aliphatic carbocycles. The molecule has 2 nitrogen and oxygen atoms in total. The quantitative estimate of drug-likeness (QED) is 0.400. The zero-order chi connectivity index (χ0) is 25.6. The molecule has 2 saturated heterocycles. The van der Waals surface area contributed by atoms with Crippen molar-refractivity contribution in [2.24, 2.45) is 11.3 Å². The highest BCUT2D eigenvalue weighted by Gasteiger charge is 2.24. The molecule has 0 saturated carbocycles. The SMILES string of the molecule is CC(C)(CCC1CCNCC1)CN1CCCCCCCCCCCCCCCCCCCCCCC1. The van der Waals surface area contributed by atoms with Crippen LogP contribution in [0, 0.1) is 11.3 Å². The highest BCUT2D eigenvalue weighted by Crippen LogP contribution is 2.29. The summed E-state index contributed by atoms with van der Waals surface area (Å²) in [5.74, 6) is 0.974. The van der Waals surface area contributed by atoms with Crippen LogP contribution in [0.5, 0.6) is 0 Å². The van der Waals surface area contributed by atoms with Gasteiger partial charge in [0.2, 0.25) is 0 Å². The molecule has 0 radical (unpaired) electrons. The van der Waals surface area contributed by atoms with Crippen LogP contribution in [0.15, 0.2) is 0 Å². The number of piperidine rings is 1. The van der Waals surface area contributed by atoms with Crippen molar-refractivity contribution in [3.8, 4) is 0 Å². The number of hydrogen-bond acceptors (Lipinski definition) is 2. The first-order valence-electron chi connectivity index (χ1n) is 17.1. The van der Waals surface area contributed by atoms with Crippen molar-refractivity contribution in [2.45, 2.75) is 174 Å². The van der Waals surface area contributed by atoms with Crippen LogP contribution in [0.4, 0.5) is 0 Å². The Hall–Kier alpha value is -0.0800. The van der Waals surface area contributed by atoms with Crippen LogP contribution in [0.3, 0.4) is 0 Å². The zero-order valence-corrected chi connectivity index (χ0v) is 25.2. The van der Waals surface area contributed by atoms with Gasteiger partial charge in [0.05, 0.1) is 0 Å². The van der Waals surface area contributed by atoms with E-state index in [1.54, 1.807) is 0 Å². The van der Waals surface area contributed by atoms with Gasteiger partial charge in [0.25, 0.3) is 0 Å². The largest absolute Gasteiger partial charge is 0.317 e. The van der Waals surface area contributed by atoms with Gasteiger partial charge < -0.3 is 10.2 Å². The van der Waals surface area contributed by atoms with Crippen molar-refractivity contribution in [3.05, 3.63) is 0 Å². The van der Waals surface area contributed by atoms with Crippen LogP contribution in [0.1, 0.15) is 174 Å². The fourth-order valence-corrected chi connectivity index (χ4v) is 6.75. The summed E-state index contributed by atoms with van der Waals surface area (Å²) in [6.07, 6.45) is 36.6. The van der Waals surface area contributed by atoms with Crippen LogP contribution >= 0.6 is 0 Å². The van der Waals surface area contributed by atoms with E-state index < -0.39 is 0 Å². The van der Waals surface area contributed by atoms with Gasteiger partial charge in [-0.3, -0.25) is 0 Å². The van der Waals surface area contributed by atoms with Gasteiger partial charge >= 0.3 is 0 Å². The van der Waals surface area contributed by atoms with E-state index in [-0.39, 0.29) is 0 Å². The minimum absolute atomic E-state index is 0.466. The maximum atomic E-state index is 3.54. The average molecular weight is 505 g/mol. The van der Waals surface area contributed by atoms with Crippen molar-refractivity contribution in [1.82, 2.24) is 10.2 Å². The lowest BCUT2D eigenvalue weighted by atomic mass is 9.81. The number of nitrogens with one attached hydrogen (secondary N) is 1. The van der Waals surface area contributed by atoms with Crippen molar-refractivity contribution in [2.75, 3.05) is 32.7 Å². The lowest BCUT2D eigenvalue weighted by molar-refractivity contribution is 0.151. The Bertz CT molecular complexity index is 444. The molecule has 2 fully saturated rings. The third-order valence-corrected chi connectivity index (χ3v) is 9.29. The average Bonchev–Trinajstić information content (AvgIpc) is 2.87. The summed E-state index contributed by atoms with van der Waals surface area (Å²) in [5, 5.41) is 3.54.